The fourth-order valence-corrected chi connectivity index (χ4v) is 4.08. The van der Waals surface area contributed by atoms with Crippen LogP contribution >= 0.6 is 0 Å². The molecular formula is C27H26N2O4. The number of aliphatic hydroxyl groups excluding tert-OH is 1. The molecule has 1 unspecified atom stereocenters. The van der Waals surface area contributed by atoms with Gasteiger partial charge in [0.1, 0.15) is 11.5 Å². The van der Waals surface area contributed by atoms with Gasteiger partial charge in [0.15, 0.2) is 0 Å². The summed E-state index contributed by atoms with van der Waals surface area (Å²) in [5.41, 5.74) is 3.55. The van der Waals surface area contributed by atoms with Crippen LogP contribution in [0.15, 0.2) is 72.6 Å². The lowest BCUT2D eigenvalue weighted by Crippen LogP contribution is -2.29. The number of aromatic nitrogens is 1. The van der Waals surface area contributed by atoms with Crippen LogP contribution in [0.25, 0.3) is 5.76 Å². The monoisotopic (exact) mass is 442 g/mol. The summed E-state index contributed by atoms with van der Waals surface area (Å²) in [5.74, 6) is -0.923. The molecule has 3 aromatic rings. The Labute approximate surface area is 193 Å². The number of nitrogens with zero attached hydrogens (tertiary/aromatic N) is 2. The Balaban J connectivity index is 1.88. The van der Waals surface area contributed by atoms with Crippen LogP contribution in [-0.4, -0.2) is 27.9 Å². The molecule has 1 fully saturated rings. The van der Waals surface area contributed by atoms with Gasteiger partial charge in [0.05, 0.1) is 17.7 Å². The second kappa shape index (κ2) is 8.90. The molecule has 1 saturated heterocycles. The van der Waals surface area contributed by atoms with Gasteiger partial charge < -0.3 is 9.84 Å². The van der Waals surface area contributed by atoms with Crippen LogP contribution in [-0.2, 0) is 9.59 Å². The van der Waals surface area contributed by atoms with Crippen molar-refractivity contribution in [2.75, 3.05) is 4.90 Å². The summed E-state index contributed by atoms with van der Waals surface area (Å²) in [5, 5.41) is 11.3. The highest BCUT2D eigenvalue weighted by molar-refractivity contribution is 6.51. The predicted molar refractivity (Wildman–Crippen MR) is 127 cm³/mol. The Morgan fingerprint density at radius 1 is 1.03 bits per heavy atom. The molecule has 1 amide bonds. The third-order valence-corrected chi connectivity index (χ3v) is 5.56. The SMILES string of the molecule is Cc1cccc(N2C(=O)C(=O)/C(=C(\O)c3ccc(OC(C)C)c(C)c3)C2c2ccncc2)c1. The van der Waals surface area contributed by atoms with Crippen molar-refractivity contribution in [3.8, 4) is 5.75 Å². The topological polar surface area (TPSA) is 79.7 Å². The van der Waals surface area contributed by atoms with Crippen molar-refractivity contribution in [1.82, 2.24) is 4.98 Å². The molecule has 1 atom stereocenters. The molecule has 1 aromatic heterocycles. The molecule has 0 bridgehead atoms. The lowest BCUT2D eigenvalue weighted by atomic mass is 9.95. The highest BCUT2D eigenvalue weighted by Gasteiger charge is 2.47. The molecule has 4 rings (SSSR count). The maximum absolute atomic E-state index is 13.2. The summed E-state index contributed by atoms with van der Waals surface area (Å²) >= 11 is 0. The van der Waals surface area contributed by atoms with Gasteiger partial charge in [-0.25, -0.2) is 0 Å². The van der Waals surface area contributed by atoms with Crippen LogP contribution in [0.5, 0.6) is 5.75 Å². The van der Waals surface area contributed by atoms with Gasteiger partial charge in [-0.2, -0.15) is 0 Å². The molecule has 1 aliphatic rings. The second-order valence-corrected chi connectivity index (χ2v) is 8.44. The van der Waals surface area contributed by atoms with E-state index in [9.17, 15) is 14.7 Å². The molecule has 168 valence electrons. The van der Waals surface area contributed by atoms with E-state index in [4.69, 9.17) is 4.74 Å². The van der Waals surface area contributed by atoms with Crippen LogP contribution in [0.3, 0.4) is 0 Å². The van der Waals surface area contributed by atoms with Gasteiger partial charge in [-0.15, -0.1) is 0 Å². The molecule has 6 heteroatoms. The Morgan fingerprint density at radius 2 is 1.76 bits per heavy atom. The fourth-order valence-electron chi connectivity index (χ4n) is 4.08. The first kappa shape index (κ1) is 22.3. The minimum absolute atomic E-state index is 0.00879. The summed E-state index contributed by atoms with van der Waals surface area (Å²) in [4.78, 5) is 31.9. The maximum Gasteiger partial charge on any atom is 0.300 e. The zero-order valence-electron chi connectivity index (χ0n) is 19.1. The number of Topliss-reactive ketones (excluding diaryl/α,β-unsaturated/α-hetero) is 1. The highest BCUT2D eigenvalue weighted by atomic mass is 16.5. The molecule has 0 spiro atoms. The molecule has 2 aromatic carbocycles. The number of aliphatic hydroxyl groups is 1. The Morgan fingerprint density at radius 3 is 2.39 bits per heavy atom. The van der Waals surface area contributed by atoms with Crippen molar-refractivity contribution in [1.29, 1.82) is 0 Å². The zero-order valence-corrected chi connectivity index (χ0v) is 19.1. The van der Waals surface area contributed by atoms with Gasteiger partial charge in [-0.05, 0) is 86.8 Å². The van der Waals surface area contributed by atoms with Crippen LogP contribution in [0.1, 0.15) is 42.1 Å². The number of hydrogen-bond acceptors (Lipinski definition) is 5. The molecule has 0 saturated carbocycles. The lowest BCUT2D eigenvalue weighted by molar-refractivity contribution is -0.132. The molecule has 2 heterocycles. The van der Waals surface area contributed by atoms with Crippen LogP contribution in [0, 0.1) is 13.8 Å². The molecule has 6 nitrogen and oxygen atoms in total. The van der Waals surface area contributed by atoms with E-state index in [0.29, 0.717) is 22.6 Å². The fraction of sp³-hybridized carbons (Fsp3) is 0.222. The molecule has 0 aliphatic carbocycles. The van der Waals surface area contributed by atoms with E-state index in [2.05, 4.69) is 4.98 Å². The number of hydrogen-bond donors (Lipinski definition) is 1. The molecule has 0 radical (unpaired) electrons. The van der Waals surface area contributed by atoms with Gasteiger partial charge >= 0.3 is 0 Å². The number of aryl methyl sites for hydroxylation is 2. The Hall–Kier alpha value is -3.93. The number of pyridine rings is 1. The Bertz CT molecular complexity index is 1250. The van der Waals surface area contributed by atoms with E-state index in [0.717, 1.165) is 11.1 Å². The summed E-state index contributed by atoms with van der Waals surface area (Å²) in [6, 6.07) is 15.3. The number of rotatable bonds is 5. The van der Waals surface area contributed by atoms with E-state index in [1.807, 2.05) is 45.9 Å². The average molecular weight is 443 g/mol. The first-order chi connectivity index (χ1) is 15.8. The lowest BCUT2D eigenvalue weighted by Gasteiger charge is -2.25. The second-order valence-electron chi connectivity index (χ2n) is 8.44. The first-order valence-corrected chi connectivity index (χ1v) is 10.8. The minimum Gasteiger partial charge on any atom is -0.507 e. The number of ether oxygens (including phenoxy) is 1. The third-order valence-electron chi connectivity index (χ3n) is 5.56. The largest absolute Gasteiger partial charge is 0.507 e. The van der Waals surface area contributed by atoms with Crippen LogP contribution in [0.2, 0.25) is 0 Å². The summed E-state index contributed by atoms with van der Waals surface area (Å²) in [6.07, 6.45) is 3.22. The van der Waals surface area contributed by atoms with Gasteiger partial charge in [0.2, 0.25) is 0 Å². The van der Waals surface area contributed by atoms with E-state index in [1.165, 1.54) is 4.90 Å². The van der Waals surface area contributed by atoms with E-state index in [1.54, 1.807) is 48.8 Å². The summed E-state index contributed by atoms with van der Waals surface area (Å²) in [6.45, 7) is 7.68. The smallest absolute Gasteiger partial charge is 0.300 e. The predicted octanol–water partition coefficient (Wildman–Crippen LogP) is 5.11. The molecule has 33 heavy (non-hydrogen) atoms. The molecule has 1 aliphatic heterocycles. The van der Waals surface area contributed by atoms with Gasteiger partial charge in [-0.1, -0.05) is 12.1 Å². The van der Waals surface area contributed by atoms with Crippen molar-refractivity contribution >= 4 is 23.1 Å². The Kier molecular flexibility index (Phi) is 6.01. The van der Waals surface area contributed by atoms with Crippen LogP contribution in [0.4, 0.5) is 5.69 Å². The number of anilines is 1. The van der Waals surface area contributed by atoms with Gasteiger partial charge in [-0.3, -0.25) is 19.5 Å². The van der Waals surface area contributed by atoms with Crippen molar-refractivity contribution in [3.05, 3.63) is 94.8 Å². The standard InChI is InChI=1S/C27H26N2O4/c1-16(2)33-22-9-8-20(15-18(22)4)25(30)23-24(19-10-12-28-13-11-19)29(27(32)26(23)31)21-7-5-6-17(3)14-21/h5-16,24,30H,1-4H3/b25-23-. The number of ketones is 1. The number of carbonyl (C=O) groups excluding carboxylic acids is 2. The van der Waals surface area contributed by atoms with Crippen molar-refractivity contribution < 1.29 is 19.4 Å². The normalized spacial score (nSPS) is 17.6. The highest BCUT2D eigenvalue weighted by Crippen LogP contribution is 2.42. The zero-order chi connectivity index (χ0) is 23.7. The first-order valence-electron chi connectivity index (χ1n) is 10.8. The van der Waals surface area contributed by atoms with Crippen molar-refractivity contribution in [2.24, 2.45) is 0 Å². The van der Waals surface area contributed by atoms with E-state index < -0.39 is 17.7 Å². The van der Waals surface area contributed by atoms with Crippen molar-refractivity contribution in [3.63, 3.8) is 0 Å². The third kappa shape index (κ3) is 4.24. The van der Waals surface area contributed by atoms with E-state index in [-0.39, 0.29) is 17.4 Å². The van der Waals surface area contributed by atoms with Gasteiger partial charge in [0.25, 0.3) is 11.7 Å². The maximum atomic E-state index is 13.2. The number of amides is 1. The quantitative estimate of drug-likeness (QED) is 0.337. The van der Waals surface area contributed by atoms with Gasteiger partial charge in [0, 0.05) is 23.6 Å². The molecule has 1 N–H and O–H groups in total. The van der Waals surface area contributed by atoms with Crippen LogP contribution < -0.4 is 9.64 Å². The summed E-state index contributed by atoms with van der Waals surface area (Å²) < 4.78 is 5.79. The minimum atomic E-state index is -0.776. The summed E-state index contributed by atoms with van der Waals surface area (Å²) in [7, 11) is 0. The average Bonchev–Trinajstić information content (AvgIpc) is 3.05. The molecular weight excluding hydrogens is 416 g/mol. The number of benzene rings is 2. The van der Waals surface area contributed by atoms with E-state index >= 15 is 0 Å². The number of carbonyl (C=O) groups is 2. The van der Waals surface area contributed by atoms with Crippen molar-refractivity contribution in [2.45, 2.75) is 39.8 Å².